The number of allylic oxidation sites excluding steroid dienone is 19. The number of ether oxygens (including phenoxy) is 1. The molecule has 0 aromatic heterocycles. The standard InChI is InChI=1S/C62H66O.2C4H10.3C2H6.H2/c1-7-9-14-26-46(3)54(44-41-50-39-42-51(43-40-50)56-36-24-27-47(4)61(56)63-53-31-17-13-18-32-53)57-33-20-21-34-58(57)55-35-25-38-59(49(55)6)62(48(5)28-15-10-8-2)45-23-12-11-16-29-52-30-19-22-37-60(52)62;2*1-3-4-2;3*1-2;/h7-9,11-14,16-23,25-26,28,30-35,37-39,42,44,56H,1-2,10,15,24,27,29,36,40-41,43,45H2,3-6H3;2*3-4H2,1-2H3;3*1-2H3;1H/b14-9-,16-11-,23-12-,46-26+,48-28+,54-44+;;;;;;. The Morgan fingerprint density at radius 3 is 1.96 bits per heavy atom. The number of benzene rings is 4. The van der Waals surface area contributed by atoms with Crippen LogP contribution in [-0.4, -0.2) is 0 Å². The summed E-state index contributed by atoms with van der Waals surface area (Å²) in [6.07, 6.45) is 44.5. The van der Waals surface area contributed by atoms with Crippen LogP contribution < -0.4 is 4.74 Å². The smallest absolute Gasteiger partial charge is 0.126 e. The Bertz CT molecular complexity index is 2630. The first-order valence-electron chi connectivity index (χ1n) is 30.0. The van der Waals surface area contributed by atoms with E-state index < -0.39 is 0 Å². The molecular formula is C76H106O. The highest BCUT2D eigenvalue weighted by Gasteiger charge is 2.38. The van der Waals surface area contributed by atoms with Gasteiger partial charge in [0.2, 0.25) is 0 Å². The zero-order valence-electron chi connectivity index (χ0n) is 51.0. The molecule has 0 radical (unpaired) electrons. The second-order valence-corrected chi connectivity index (χ2v) is 19.5. The molecule has 1 heteroatoms. The molecular weight excluding hydrogens is 929 g/mol. The summed E-state index contributed by atoms with van der Waals surface area (Å²) in [5.41, 5.74) is 17.1. The van der Waals surface area contributed by atoms with Crippen LogP contribution in [0, 0.1) is 12.8 Å². The maximum atomic E-state index is 6.60. The Morgan fingerprint density at radius 2 is 1.30 bits per heavy atom. The van der Waals surface area contributed by atoms with Gasteiger partial charge in [-0.1, -0.05) is 282 Å². The van der Waals surface area contributed by atoms with Crippen LogP contribution in [0.4, 0.5) is 0 Å². The molecule has 2 atom stereocenters. The van der Waals surface area contributed by atoms with Crippen LogP contribution in [0.3, 0.4) is 0 Å². The second kappa shape index (κ2) is 39.2. The van der Waals surface area contributed by atoms with E-state index in [1.807, 2.05) is 65.8 Å². The minimum absolute atomic E-state index is 0. The van der Waals surface area contributed by atoms with Crippen molar-refractivity contribution in [2.24, 2.45) is 5.92 Å². The number of fused-ring (bicyclic) bond motifs is 1. The maximum Gasteiger partial charge on any atom is 0.126 e. The van der Waals surface area contributed by atoms with E-state index in [0.29, 0.717) is 5.92 Å². The topological polar surface area (TPSA) is 9.23 Å². The molecule has 4 aromatic rings. The van der Waals surface area contributed by atoms with E-state index in [-0.39, 0.29) is 6.84 Å². The van der Waals surface area contributed by atoms with Crippen molar-refractivity contribution >= 4 is 5.57 Å². The molecule has 0 bridgehead atoms. The molecule has 1 nitrogen and oxygen atoms in total. The van der Waals surface area contributed by atoms with Crippen molar-refractivity contribution in [2.45, 2.75) is 192 Å². The molecule has 3 aliphatic rings. The van der Waals surface area contributed by atoms with Crippen LogP contribution in [0.1, 0.15) is 203 Å². The third-order valence-electron chi connectivity index (χ3n) is 14.5. The lowest BCUT2D eigenvalue weighted by atomic mass is 9.64. The Hall–Kier alpha value is -6.18. The van der Waals surface area contributed by atoms with Gasteiger partial charge in [-0.2, -0.15) is 0 Å². The van der Waals surface area contributed by atoms with Gasteiger partial charge in [0.05, 0.1) is 0 Å². The Balaban J connectivity index is 0.00000184. The molecule has 0 spiro atoms. The van der Waals surface area contributed by atoms with E-state index in [2.05, 4.69) is 220 Å². The third kappa shape index (κ3) is 20.0. The van der Waals surface area contributed by atoms with Gasteiger partial charge in [0, 0.05) is 12.8 Å². The zero-order valence-corrected chi connectivity index (χ0v) is 51.0. The van der Waals surface area contributed by atoms with Crippen molar-refractivity contribution in [3.8, 4) is 16.9 Å². The fraction of sp³-hybridized carbons (Fsp3) is 0.395. The van der Waals surface area contributed by atoms with Crippen LogP contribution in [0.5, 0.6) is 5.75 Å². The summed E-state index contributed by atoms with van der Waals surface area (Å²) in [6, 6.07) is 35.5. The van der Waals surface area contributed by atoms with Gasteiger partial charge in [-0.25, -0.2) is 0 Å². The van der Waals surface area contributed by atoms with Crippen molar-refractivity contribution in [1.82, 2.24) is 0 Å². The van der Waals surface area contributed by atoms with Gasteiger partial charge in [-0.05, 0) is 160 Å². The lowest BCUT2D eigenvalue weighted by Crippen LogP contribution is -2.31. The van der Waals surface area contributed by atoms with E-state index in [1.54, 1.807) is 0 Å². The van der Waals surface area contributed by atoms with Gasteiger partial charge in [0.1, 0.15) is 11.5 Å². The van der Waals surface area contributed by atoms with Crippen LogP contribution in [0.15, 0.2) is 223 Å². The van der Waals surface area contributed by atoms with Gasteiger partial charge >= 0.3 is 0 Å². The normalized spacial score (nSPS) is 18.0. The van der Waals surface area contributed by atoms with E-state index >= 15 is 0 Å². The van der Waals surface area contributed by atoms with Gasteiger partial charge in [0.15, 0.2) is 0 Å². The Morgan fingerprint density at radius 1 is 0.662 bits per heavy atom. The second-order valence-electron chi connectivity index (χ2n) is 19.5. The highest BCUT2D eigenvalue weighted by molar-refractivity contribution is 5.89. The molecule has 0 N–H and O–H groups in total. The van der Waals surface area contributed by atoms with Crippen molar-refractivity contribution in [1.29, 1.82) is 0 Å². The molecule has 3 aliphatic carbocycles. The molecule has 0 fully saturated rings. The molecule has 7 rings (SSSR count). The predicted octanol–water partition coefficient (Wildman–Crippen LogP) is 24.1. The van der Waals surface area contributed by atoms with E-state index in [1.165, 1.54) is 104 Å². The minimum atomic E-state index is -0.334. The van der Waals surface area contributed by atoms with Crippen molar-refractivity contribution in [2.75, 3.05) is 0 Å². The monoisotopic (exact) mass is 1030 g/mol. The largest absolute Gasteiger partial charge is 0.461 e. The summed E-state index contributed by atoms with van der Waals surface area (Å²) < 4.78 is 6.60. The highest BCUT2D eigenvalue weighted by atomic mass is 16.5. The minimum Gasteiger partial charge on any atom is -0.461 e. The summed E-state index contributed by atoms with van der Waals surface area (Å²) in [4.78, 5) is 0. The Labute approximate surface area is 475 Å². The summed E-state index contributed by atoms with van der Waals surface area (Å²) >= 11 is 0. The van der Waals surface area contributed by atoms with Gasteiger partial charge in [-0.15, -0.1) is 6.58 Å². The average Bonchev–Trinajstić information content (AvgIpc) is 3.71. The fourth-order valence-corrected chi connectivity index (χ4v) is 10.1. The number of unbranched alkanes of at least 4 members (excludes halogenated alkanes) is 3. The van der Waals surface area contributed by atoms with Crippen molar-refractivity contribution in [3.05, 3.63) is 251 Å². The van der Waals surface area contributed by atoms with Crippen LogP contribution in [0.2, 0.25) is 0 Å². The molecule has 0 amide bonds. The van der Waals surface area contributed by atoms with Crippen molar-refractivity contribution < 1.29 is 6.16 Å². The number of para-hydroxylation sites is 1. The lowest BCUT2D eigenvalue weighted by Gasteiger charge is -2.39. The SMILES string of the molecule is C=C\C=C/C=C(C)/C(=C\CC1=CC=C(C2CCCC(C)=C2Oc2ccccc2)CC1)c1ccccc1-c1cccc(C2(/C(C)=C/CCC=C)C/C=C\C=C/Cc3ccccc32)c1C.CC.CC.CC.CCCC.CCCC.[HH]. The lowest BCUT2D eigenvalue weighted by molar-refractivity contribution is 0.325. The van der Waals surface area contributed by atoms with Crippen LogP contribution in [0.25, 0.3) is 16.7 Å². The molecule has 4 aromatic carbocycles. The first-order chi connectivity index (χ1) is 37.7. The number of hydrogen-bond donors (Lipinski definition) is 0. The average molecular weight is 1040 g/mol. The summed E-state index contributed by atoms with van der Waals surface area (Å²) in [6.45, 7) is 37.9. The highest BCUT2D eigenvalue weighted by Crippen LogP contribution is 2.48. The van der Waals surface area contributed by atoms with E-state index in [4.69, 9.17) is 4.74 Å². The summed E-state index contributed by atoms with van der Waals surface area (Å²) in [7, 11) is 0. The van der Waals surface area contributed by atoms with Crippen molar-refractivity contribution in [3.63, 3.8) is 0 Å². The molecule has 2 unspecified atom stereocenters. The molecule has 0 saturated carbocycles. The predicted molar refractivity (Wildman–Crippen MR) is 349 cm³/mol. The fourth-order valence-electron chi connectivity index (χ4n) is 10.1. The Kier molecular flexibility index (Phi) is 34.1. The van der Waals surface area contributed by atoms with E-state index in [9.17, 15) is 0 Å². The first kappa shape index (κ1) is 66.9. The molecule has 0 heterocycles. The third-order valence-corrected chi connectivity index (χ3v) is 14.5. The van der Waals surface area contributed by atoms with E-state index in [0.717, 1.165) is 69.3 Å². The van der Waals surface area contributed by atoms with Gasteiger partial charge in [0.25, 0.3) is 0 Å². The zero-order chi connectivity index (χ0) is 56.9. The maximum absolute atomic E-state index is 6.60. The molecule has 77 heavy (non-hydrogen) atoms. The molecule has 416 valence electrons. The van der Waals surface area contributed by atoms with Gasteiger partial charge in [-0.3, -0.25) is 0 Å². The first-order valence-corrected chi connectivity index (χ1v) is 30.0. The quantitative estimate of drug-likeness (QED) is 0.0582. The van der Waals surface area contributed by atoms with Crippen LogP contribution >= 0.6 is 0 Å². The van der Waals surface area contributed by atoms with Gasteiger partial charge < -0.3 is 4.74 Å². The molecule has 0 aliphatic heterocycles. The van der Waals surface area contributed by atoms with Crippen LogP contribution in [-0.2, 0) is 11.8 Å². The number of hydrogen-bond acceptors (Lipinski definition) is 1. The number of rotatable bonds is 17. The summed E-state index contributed by atoms with van der Waals surface area (Å²) in [5.74, 6) is 2.43. The molecule has 0 saturated heterocycles. The summed E-state index contributed by atoms with van der Waals surface area (Å²) in [5, 5.41) is 0.